The molecule has 1 atom stereocenters. The molecule has 2 aliphatic rings. The zero-order valence-corrected chi connectivity index (χ0v) is 22.2. The molecule has 1 fully saturated rings. The van der Waals surface area contributed by atoms with Crippen molar-refractivity contribution in [2.24, 2.45) is 0 Å². The van der Waals surface area contributed by atoms with E-state index in [9.17, 15) is 0 Å². The van der Waals surface area contributed by atoms with Crippen molar-refractivity contribution in [3.05, 3.63) is 132 Å². The Bertz CT molecular complexity index is 1680. The summed E-state index contributed by atoms with van der Waals surface area (Å²) in [6, 6.07) is 36.9. The van der Waals surface area contributed by atoms with E-state index in [1.165, 1.54) is 33.2 Å². The second-order valence-corrected chi connectivity index (χ2v) is 11.5. The van der Waals surface area contributed by atoms with Crippen LogP contribution in [0.1, 0.15) is 50.1 Å². The third-order valence-corrected chi connectivity index (χ3v) is 8.82. The lowest BCUT2D eigenvalue weighted by molar-refractivity contribution is 0.00578. The van der Waals surface area contributed by atoms with Crippen molar-refractivity contribution >= 4 is 23.4 Å². The van der Waals surface area contributed by atoms with Crippen molar-refractivity contribution in [1.82, 2.24) is 4.98 Å². The van der Waals surface area contributed by atoms with Gasteiger partial charge in [0, 0.05) is 11.6 Å². The highest BCUT2D eigenvalue weighted by Crippen LogP contribution is 2.55. The van der Waals surface area contributed by atoms with Crippen LogP contribution in [0.3, 0.4) is 0 Å². The van der Waals surface area contributed by atoms with Gasteiger partial charge in [0.25, 0.3) is 0 Å². The fourth-order valence-corrected chi connectivity index (χ4v) is 6.13. The van der Waals surface area contributed by atoms with Gasteiger partial charge in [0.2, 0.25) is 0 Å². The highest BCUT2D eigenvalue weighted by Gasteiger charge is 2.53. The summed E-state index contributed by atoms with van der Waals surface area (Å²) in [7, 11) is -0.438. The predicted molar refractivity (Wildman–Crippen MR) is 155 cm³/mol. The number of hydrogen-bond donors (Lipinski definition) is 0. The van der Waals surface area contributed by atoms with E-state index in [1.807, 2.05) is 6.20 Å². The maximum atomic E-state index is 6.49. The van der Waals surface area contributed by atoms with Gasteiger partial charge in [-0.15, -0.1) is 0 Å². The van der Waals surface area contributed by atoms with Gasteiger partial charge < -0.3 is 9.31 Å². The van der Waals surface area contributed by atoms with E-state index in [2.05, 4.69) is 131 Å². The average Bonchev–Trinajstić information content (AvgIpc) is 3.35. The minimum Gasteiger partial charge on any atom is -0.399 e. The molecule has 1 aliphatic carbocycles. The normalized spacial score (nSPS) is 20.9. The second kappa shape index (κ2) is 8.13. The molecule has 0 spiro atoms. The third kappa shape index (κ3) is 3.20. The molecule has 0 saturated carbocycles. The summed E-state index contributed by atoms with van der Waals surface area (Å²) in [4.78, 5) is 5.15. The lowest BCUT2D eigenvalue weighted by Crippen LogP contribution is -2.41. The first kappa shape index (κ1) is 23.4. The van der Waals surface area contributed by atoms with Crippen LogP contribution in [0.25, 0.3) is 21.9 Å². The molecule has 0 N–H and O–H groups in total. The summed E-state index contributed by atoms with van der Waals surface area (Å²) < 4.78 is 13.0. The first-order valence-corrected chi connectivity index (χ1v) is 13.3. The molecule has 1 aromatic heterocycles. The van der Waals surface area contributed by atoms with Gasteiger partial charge in [-0.3, -0.25) is 4.98 Å². The van der Waals surface area contributed by atoms with Crippen LogP contribution in [-0.4, -0.2) is 23.3 Å². The molecule has 5 aromatic rings. The minimum absolute atomic E-state index is 0.407. The van der Waals surface area contributed by atoms with Crippen molar-refractivity contribution < 1.29 is 9.31 Å². The Morgan fingerprint density at radius 3 is 2.00 bits per heavy atom. The molecule has 4 heteroatoms. The quantitative estimate of drug-likeness (QED) is 0.251. The summed E-state index contributed by atoms with van der Waals surface area (Å²) >= 11 is 0. The lowest BCUT2D eigenvalue weighted by Gasteiger charge is -2.33. The summed E-state index contributed by atoms with van der Waals surface area (Å²) in [5, 5.41) is 2.32. The van der Waals surface area contributed by atoms with E-state index < -0.39 is 23.7 Å². The summed E-state index contributed by atoms with van der Waals surface area (Å²) in [5.41, 5.74) is 6.76. The molecule has 1 aliphatic heterocycles. The smallest absolute Gasteiger partial charge is 0.399 e. The zero-order chi connectivity index (χ0) is 26.1. The van der Waals surface area contributed by atoms with Gasteiger partial charge in [0.1, 0.15) is 0 Å². The van der Waals surface area contributed by atoms with E-state index in [-0.39, 0.29) is 0 Å². The van der Waals surface area contributed by atoms with Crippen molar-refractivity contribution in [1.29, 1.82) is 0 Å². The van der Waals surface area contributed by atoms with Crippen molar-refractivity contribution in [3.63, 3.8) is 0 Å². The molecule has 186 valence electrons. The molecular weight excluding hydrogens is 465 g/mol. The monoisotopic (exact) mass is 495 g/mol. The molecule has 3 nitrogen and oxygen atoms in total. The first-order valence-electron chi connectivity index (χ1n) is 13.3. The highest BCUT2D eigenvalue weighted by atomic mass is 16.7. The van der Waals surface area contributed by atoms with Gasteiger partial charge in [0.05, 0.1) is 22.3 Å². The fraction of sp³-hybridized carbons (Fsp3) is 0.206. The fourth-order valence-electron chi connectivity index (χ4n) is 6.13. The Labute approximate surface area is 224 Å². The van der Waals surface area contributed by atoms with Crippen molar-refractivity contribution in [3.8, 4) is 11.1 Å². The molecule has 0 bridgehead atoms. The Balaban J connectivity index is 1.53. The standard InChI is InChI=1S/C34H30BNO2/c1-32(2)33(3,4)38-35(37-32)26-18-19-28-27-16-10-11-17-29(27)34(30(28)21-26,25-14-6-5-7-15-25)31-20-23-12-8-9-13-24(23)22-36-31/h5-22H,1-4H3. The number of hydrogen-bond acceptors (Lipinski definition) is 3. The van der Waals surface area contributed by atoms with Crippen molar-refractivity contribution in [2.45, 2.75) is 44.3 Å². The molecule has 38 heavy (non-hydrogen) atoms. The molecule has 0 amide bonds. The molecule has 7 rings (SSSR count). The minimum atomic E-state index is -0.573. The lowest BCUT2D eigenvalue weighted by atomic mass is 9.67. The van der Waals surface area contributed by atoms with Crippen LogP contribution in [0.2, 0.25) is 0 Å². The Hall–Kier alpha value is -3.73. The van der Waals surface area contributed by atoms with Crippen LogP contribution in [0.15, 0.2) is 109 Å². The maximum absolute atomic E-state index is 6.49. The van der Waals surface area contributed by atoms with Crippen LogP contribution < -0.4 is 5.46 Å². The van der Waals surface area contributed by atoms with E-state index in [0.29, 0.717) is 0 Å². The third-order valence-electron chi connectivity index (χ3n) is 8.82. The topological polar surface area (TPSA) is 31.4 Å². The Kier molecular flexibility index (Phi) is 5.01. The number of aromatic nitrogens is 1. The SMILES string of the molecule is CC1(C)OB(c2ccc3c(c2)C(c2ccccc2)(c2cc4ccccc4cn2)c2ccccc2-3)OC1(C)C. The van der Waals surface area contributed by atoms with E-state index in [1.54, 1.807) is 0 Å². The number of fused-ring (bicyclic) bond motifs is 4. The first-order chi connectivity index (χ1) is 18.3. The molecular formula is C34H30BNO2. The van der Waals surface area contributed by atoms with Crippen LogP contribution in [0.4, 0.5) is 0 Å². The van der Waals surface area contributed by atoms with Gasteiger partial charge in [-0.05, 0) is 72.4 Å². The van der Waals surface area contributed by atoms with Crippen LogP contribution in [0, 0.1) is 0 Å². The molecule has 0 radical (unpaired) electrons. The Morgan fingerprint density at radius 2 is 1.24 bits per heavy atom. The van der Waals surface area contributed by atoms with Gasteiger partial charge in [-0.2, -0.15) is 0 Å². The van der Waals surface area contributed by atoms with Gasteiger partial charge >= 0.3 is 7.12 Å². The summed E-state index contributed by atoms with van der Waals surface area (Å²) in [6.07, 6.45) is 2.01. The van der Waals surface area contributed by atoms with Gasteiger partial charge in [0.15, 0.2) is 0 Å². The van der Waals surface area contributed by atoms with Gasteiger partial charge in [-0.1, -0.05) is 97.1 Å². The Morgan fingerprint density at radius 1 is 0.605 bits per heavy atom. The predicted octanol–water partition coefficient (Wildman–Crippen LogP) is 6.90. The molecule has 1 saturated heterocycles. The van der Waals surface area contributed by atoms with E-state index in [4.69, 9.17) is 14.3 Å². The van der Waals surface area contributed by atoms with E-state index in [0.717, 1.165) is 16.5 Å². The highest BCUT2D eigenvalue weighted by molar-refractivity contribution is 6.62. The van der Waals surface area contributed by atoms with Crippen LogP contribution in [-0.2, 0) is 14.7 Å². The molecule has 1 unspecified atom stereocenters. The zero-order valence-electron chi connectivity index (χ0n) is 22.2. The van der Waals surface area contributed by atoms with E-state index >= 15 is 0 Å². The average molecular weight is 495 g/mol. The summed E-state index contributed by atoms with van der Waals surface area (Å²) in [5.74, 6) is 0. The van der Waals surface area contributed by atoms with Crippen LogP contribution >= 0.6 is 0 Å². The largest absolute Gasteiger partial charge is 0.494 e. The second-order valence-electron chi connectivity index (χ2n) is 11.5. The number of nitrogens with zero attached hydrogens (tertiary/aromatic N) is 1. The summed E-state index contributed by atoms with van der Waals surface area (Å²) in [6.45, 7) is 8.40. The molecule has 4 aromatic carbocycles. The number of pyridine rings is 1. The van der Waals surface area contributed by atoms with Crippen molar-refractivity contribution in [2.75, 3.05) is 0 Å². The number of rotatable bonds is 3. The van der Waals surface area contributed by atoms with Crippen LogP contribution in [0.5, 0.6) is 0 Å². The number of benzene rings is 4. The van der Waals surface area contributed by atoms with Gasteiger partial charge in [-0.25, -0.2) is 0 Å². The molecule has 2 heterocycles. The maximum Gasteiger partial charge on any atom is 0.494 e.